The number of ether oxygens (including phenoxy) is 1. The molecule has 0 radical (unpaired) electrons. The third kappa shape index (κ3) is 3.99. The maximum atomic E-state index is 11.9. The van der Waals surface area contributed by atoms with Crippen molar-refractivity contribution in [3.63, 3.8) is 0 Å². The minimum atomic E-state index is -0.538. The molecule has 0 heterocycles. The summed E-state index contributed by atoms with van der Waals surface area (Å²) in [7, 11) is 0. The summed E-state index contributed by atoms with van der Waals surface area (Å²) >= 11 is 0. The van der Waals surface area contributed by atoms with Gasteiger partial charge in [0.25, 0.3) is 0 Å². The van der Waals surface area contributed by atoms with E-state index in [-0.39, 0.29) is 11.4 Å². The lowest BCUT2D eigenvalue weighted by Crippen LogP contribution is -2.32. The summed E-state index contributed by atoms with van der Waals surface area (Å²) in [5, 5.41) is 0. The monoisotopic (exact) mass is 226 g/mol. The van der Waals surface area contributed by atoms with Gasteiger partial charge >= 0.3 is 5.97 Å². The van der Waals surface area contributed by atoms with E-state index in [0.717, 1.165) is 18.4 Å². The first kappa shape index (κ1) is 15.2. The highest BCUT2D eigenvalue weighted by molar-refractivity contribution is 5.79. The Bertz CT molecular complexity index is 260. The molecule has 2 nitrogen and oxygen atoms in total. The van der Waals surface area contributed by atoms with E-state index in [1.54, 1.807) is 0 Å². The first-order valence-electron chi connectivity index (χ1n) is 6.03. The summed E-state index contributed by atoms with van der Waals surface area (Å²) < 4.78 is 5.13. The van der Waals surface area contributed by atoms with Crippen LogP contribution in [0.15, 0.2) is 12.2 Å². The Kier molecular flexibility index (Phi) is 5.24. The highest BCUT2D eigenvalue weighted by atomic mass is 16.5. The summed E-state index contributed by atoms with van der Waals surface area (Å²) in [5.74, 6) is -0.147. The maximum Gasteiger partial charge on any atom is 0.315 e. The summed E-state index contributed by atoms with van der Waals surface area (Å²) in [6.07, 6.45) is 1.58. The van der Waals surface area contributed by atoms with Gasteiger partial charge in [0.1, 0.15) is 0 Å². The van der Waals surface area contributed by atoms with Gasteiger partial charge in [0.2, 0.25) is 0 Å². The quantitative estimate of drug-likeness (QED) is 0.524. The molecule has 0 spiro atoms. The second-order valence-electron chi connectivity index (χ2n) is 5.75. The fourth-order valence-corrected chi connectivity index (χ4v) is 1.66. The van der Waals surface area contributed by atoms with Crippen molar-refractivity contribution in [2.24, 2.45) is 10.8 Å². The molecule has 94 valence electrons. The van der Waals surface area contributed by atoms with Crippen molar-refractivity contribution >= 4 is 5.97 Å². The van der Waals surface area contributed by atoms with Gasteiger partial charge < -0.3 is 4.74 Å². The molecule has 1 atom stereocenters. The number of hydrogen-bond acceptors (Lipinski definition) is 2. The minimum Gasteiger partial charge on any atom is -0.465 e. The average molecular weight is 226 g/mol. The lowest BCUT2D eigenvalue weighted by Gasteiger charge is -2.32. The predicted octanol–water partition coefficient (Wildman–Crippen LogP) is 3.96. The van der Waals surface area contributed by atoms with Crippen LogP contribution in [0, 0.1) is 10.8 Å². The summed E-state index contributed by atoms with van der Waals surface area (Å²) in [4.78, 5) is 11.9. The molecule has 1 unspecified atom stereocenters. The molecule has 0 saturated heterocycles. The molecule has 0 aromatic heterocycles. The largest absolute Gasteiger partial charge is 0.465 e. The van der Waals surface area contributed by atoms with Gasteiger partial charge in [-0.05, 0) is 32.1 Å². The van der Waals surface area contributed by atoms with Crippen LogP contribution in [0.2, 0.25) is 0 Å². The van der Waals surface area contributed by atoms with E-state index in [0.29, 0.717) is 6.61 Å². The highest BCUT2D eigenvalue weighted by Gasteiger charge is 2.37. The summed E-state index contributed by atoms with van der Waals surface area (Å²) in [6, 6.07) is 0. The molecular weight excluding hydrogens is 200 g/mol. The van der Waals surface area contributed by atoms with Crippen LogP contribution < -0.4 is 0 Å². The van der Waals surface area contributed by atoms with Crippen LogP contribution in [-0.2, 0) is 9.53 Å². The zero-order valence-electron chi connectivity index (χ0n) is 11.6. The second kappa shape index (κ2) is 5.51. The molecule has 0 saturated carbocycles. The molecule has 0 aromatic carbocycles. The molecule has 0 fully saturated rings. The lowest BCUT2D eigenvalue weighted by molar-refractivity contribution is -0.152. The molecular formula is C14H26O2. The summed E-state index contributed by atoms with van der Waals surface area (Å²) in [6.45, 7) is 16.7. The number of hydrogen-bond donors (Lipinski definition) is 0. The second-order valence-corrected chi connectivity index (χ2v) is 5.75. The highest BCUT2D eigenvalue weighted by Crippen LogP contribution is 2.38. The van der Waals surface area contributed by atoms with Crippen LogP contribution in [0.5, 0.6) is 0 Å². The average Bonchev–Trinajstić information content (AvgIpc) is 2.14. The number of carbonyl (C=O) groups is 1. The van der Waals surface area contributed by atoms with Crippen molar-refractivity contribution in [1.29, 1.82) is 0 Å². The first-order chi connectivity index (χ1) is 7.17. The first-order valence-corrected chi connectivity index (χ1v) is 6.03. The third-order valence-electron chi connectivity index (χ3n) is 2.96. The van der Waals surface area contributed by atoms with Gasteiger partial charge in [-0.25, -0.2) is 0 Å². The van der Waals surface area contributed by atoms with Crippen LogP contribution in [0.4, 0.5) is 0 Å². The Hall–Kier alpha value is -0.790. The van der Waals surface area contributed by atoms with Crippen molar-refractivity contribution in [2.75, 3.05) is 6.61 Å². The van der Waals surface area contributed by atoms with E-state index in [1.807, 2.05) is 20.8 Å². The van der Waals surface area contributed by atoms with E-state index in [1.165, 1.54) is 0 Å². The lowest BCUT2D eigenvalue weighted by atomic mass is 9.73. The van der Waals surface area contributed by atoms with Crippen LogP contribution in [-0.4, -0.2) is 12.6 Å². The molecule has 16 heavy (non-hydrogen) atoms. The van der Waals surface area contributed by atoms with Crippen LogP contribution >= 0.6 is 0 Å². The van der Waals surface area contributed by atoms with Gasteiger partial charge in [-0.1, -0.05) is 39.8 Å². The fourth-order valence-electron chi connectivity index (χ4n) is 1.66. The zero-order valence-corrected chi connectivity index (χ0v) is 11.6. The van der Waals surface area contributed by atoms with Gasteiger partial charge in [0, 0.05) is 0 Å². The van der Waals surface area contributed by atoms with Crippen molar-refractivity contribution in [1.82, 2.24) is 0 Å². The number of esters is 1. The minimum absolute atomic E-state index is 0.147. The van der Waals surface area contributed by atoms with E-state index in [2.05, 4.69) is 27.4 Å². The predicted molar refractivity (Wildman–Crippen MR) is 68.2 cm³/mol. The zero-order chi connectivity index (χ0) is 13.0. The van der Waals surface area contributed by atoms with E-state index in [9.17, 15) is 4.79 Å². The van der Waals surface area contributed by atoms with Crippen molar-refractivity contribution in [3.8, 4) is 0 Å². The van der Waals surface area contributed by atoms with Crippen molar-refractivity contribution < 1.29 is 9.53 Å². The normalized spacial score (nSPS) is 15.4. The van der Waals surface area contributed by atoms with E-state index < -0.39 is 5.41 Å². The Morgan fingerprint density at radius 3 is 2.00 bits per heavy atom. The maximum absolute atomic E-state index is 11.9. The Morgan fingerprint density at radius 1 is 1.19 bits per heavy atom. The van der Waals surface area contributed by atoms with Gasteiger partial charge in [-0.15, -0.1) is 0 Å². The number of carbonyl (C=O) groups excluding carboxylic acids is 1. The number of rotatable bonds is 5. The van der Waals surface area contributed by atoms with Crippen LogP contribution in [0.25, 0.3) is 0 Å². The molecule has 0 amide bonds. The van der Waals surface area contributed by atoms with Gasteiger partial charge in [-0.3, -0.25) is 4.79 Å². The molecule has 0 aliphatic heterocycles. The Morgan fingerprint density at radius 2 is 1.69 bits per heavy atom. The SMILES string of the molecule is C=C(CC(C)(C)C)C(C)(CC)C(=O)OCC. The topological polar surface area (TPSA) is 26.3 Å². The van der Waals surface area contributed by atoms with Crippen LogP contribution in [0.1, 0.15) is 54.4 Å². The standard InChI is InChI=1S/C14H26O2/c1-8-14(7,12(15)16-9-2)11(3)10-13(4,5)6/h3,8-10H2,1-2,4-7H3. The Labute approximate surface area is 100 Å². The summed E-state index contributed by atoms with van der Waals surface area (Å²) in [5.41, 5.74) is 0.587. The molecule has 0 bridgehead atoms. The van der Waals surface area contributed by atoms with Gasteiger partial charge in [0.15, 0.2) is 0 Å². The molecule has 0 N–H and O–H groups in total. The molecule has 2 heteroatoms. The van der Waals surface area contributed by atoms with E-state index in [4.69, 9.17) is 4.74 Å². The molecule has 0 aliphatic rings. The van der Waals surface area contributed by atoms with Crippen molar-refractivity contribution in [3.05, 3.63) is 12.2 Å². The van der Waals surface area contributed by atoms with Gasteiger partial charge in [-0.2, -0.15) is 0 Å². The van der Waals surface area contributed by atoms with E-state index >= 15 is 0 Å². The molecule has 0 rings (SSSR count). The third-order valence-corrected chi connectivity index (χ3v) is 2.96. The van der Waals surface area contributed by atoms with Crippen LogP contribution in [0.3, 0.4) is 0 Å². The fraction of sp³-hybridized carbons (Fsp3) is 0.786. The Balaban J connectivity index is 4.82. The van der Waals surface area contributed by atoms with Crippen molar-refractivity contribution in [2.45, 2.75) is 54.4 Å². The molecule has 0 aromatic rings. The smallest absolute Gasteiger partial charge is 0.315 e. The van der Waals surface area contributed by atoms with Gasteiger partial charge in [0.05, 0.1) is 12.0 Å². The molecule has 0 aliphatic carbocycles.